The molecule has 0 radical (unpaired) electrons. The Bertz CT molecular complexity index is 823. The fourth-order valence-electron chi connectivity index (χ4n) is 3.75. The van der Waals surface area contributed by atoms with Gasteiger partial charge in [-0.05, 0) is 30.9 Å². The van der Waals surface area contributed by atoms with E-state index in [9.17, 15) is 18.5 Å². The van der Waals surface area contributed by atoms with E-state index in [0.717, 1.165) is 32.0 Å². The molecule has 0 amide bonds. The normalized spacial score (nSPS) is 21.6. The summed E-state index contributed by atoms with van der Waals surface area (Å²) in [5.74, 6) is 0.598. The summed E-state index contributed by atoms with van der Waals surface area (Å²) < 4.78 is 38.1. The lowest BCUT2D eigenvalue weighted by molar-refractivity contribution is -0.386. The van der Waals surface area contributed by atoms with Crippen LogP contribution in [0.5, 0.6) is 5.75 Å². The lowest BCUT2D eigenvalue weighted by Crippen LogP contribution is -2.46. The van der Waals surface area contributed by atoms with Crippen LogP contribution in [0.2, 0.25) is 0 Å². The standard InChI is InChI=1S/C19H29N3O6S/c1-15(2)12-20-9-10-27-16(13-20)14-28-19-6-5-17(11-18(19)22(23)24)29(25,26)21-7-3-4-8-21/h5-6,11,15-16H,3-4,7-10,12-14H2,1-2H3/t16-/m1/s1. The van der Waals surface area contributed by atoms with E-state index < -0.39 is 14.9 Å². The Balaban J connectivity index is 1.70. The molecule has 2 aliphatic rings. The first-order valence-electron chi connectivity index (χ1n) is 10.0. The van der Waals surface area contributed by atoms with Crippen molar-refractivity contribution in [3.63, 3.8) is 0 Å². The second-order valence-electron chi connectivity index (χ2n) is 7.96. The van der Waals surface area contributed by atoms with Gasteiger partial charge in [-0.15, -0.1) is 0 Å². The number of nitrogens with zero attached hydrogens (tertiary/aromatic N) is 3. The average Bonchev–Trinajstić information content (AvgIpc) is 3.21. The molecular weight excluding hydrogens is 398 g/mol. The minimum absolute atomic E-state index is 0.0555. The van der Waals surface area contributed by atoms with Crippen molar-refractivity contribution in [1.29, 1.82) is 0 Å². The Labute approximate surface area is 171 Å². The second kappa shape index (κ2) is 9.38. The largest absolute Gasteiger partial charge is 0.484 e. The number of ether oxygens (including phenoxy) is 2. The molecule has 0 N–H and O–H groups in total. The van der Waals surface area contributed by atoms with Crippen LogP contribution in [-0.2, 0) is 14.8 Å². The van der Waals surface area contributed by atoms with Crippen LogP contribution in [0.25, 0.3) is 0 Å². The van der Waals surface area contributed by atoms with Crippen molar-refractivity contribution in [2.75, 3.05) is 45.9 Å². The van der Waals surface area contributed by atoms with Gasteiger partial charge in [0.15, 0.2) is 5.75 Å². The van der Waals surface area contributed by atoms with E-state index in [1.54, 1.807) is 0 Å². The van der Waals surface area contributed by atoms with Crippen LogP contribution in [-0.4, -0.2) is 74.6 Å². The quantitative estimate of drug-likeness (QED) is 0.462. The zero-order valence-electron chi connectivity index (χ0n) is 17.0. The minimum atomic E-state index is -3.72. The zero-order valence-corrected chi connectivity index (χ0v) is 17.8. The SMILES string of the molecule is CC(C)CN1CCO[C@@H](COc2ccc(S(=O)(=O)N3CCCC3)cc2[N+](=O)[O-])C1. The number of sulfonamides is 1. The Morgan fingerprint density at radius 1 is 1.28 bits per heavy atom. The summed E-state index contributed by atoms with van der Waals surface area (Å²) in [6.45, 7) is 8.49. The number of nitro benzene ring substituents is 1. The highest BCUT2D eigenvalue weighted by Crippen LogP contribution is 2.32. The average molecular weight is 428 g/mol. The highest BCUT2D eigenvalue weighted by Gasteiger charge is 2.30. The molecule has 0 unspecified atom stereocenters. The first-order valence-corrected chi connectivity index (χ1v) is 11.5. The Hall–Kier alpha value is -1.75. The van der Waals surface area contributed by atoms with Crippen LogP contribution < -0.4 is 4.74 Å². The summed E-state index contributed by atoms with van der Waals surface area (Å²) in [5, 5.41) is 11.5. The number of rotatable bonds is 8. The Morgan fingerprint density at radius 3 is 2.66 bits per heavy atom. The third-order valence-corrected chi connectivity index (χ3v) is 7.00. The topological polar surface area (TPSA) is 102 Å². The molecular formula is C19H29N3O6S. The number of hydrogen-bond donors (Lipinski definition) is 0. The molecule has 0 bridgehead atoms. The second-order valence-corrected chi connectivity index (χ2v) is 9.89. The molecule has 0 saturated carbocycles. The van der Waals surface area contributed by atoms with Gasteiger partial charge in [-0.25, -0.2) is 8.42 Å². The maximum Gasteiger partial charge on any atom is 0.312 e. The summed E-state index contributed by atoms with van der Waals surface area (Å²) in [5.41, 5.74) is -0.347. The minimum Gasteiger partial charge on any atom is -0.484 e. The molecule has 0 spiro atoms. The molecule has 29 heavy (non-hydrogen) atoms. The van der Waals surface area contributed by atoms with Gasteiger partial charge in [-0.2, -0.15) is 4.31 Å². The molecule has 1 atom stereocenters. The third kappa shape index (κ3) is 5.44. The van der Waals surface area contributed by atoms with Gasteiger partial charge in [0.05, 0.1) is 16.4 Å². The summed E-state index contributed by atoms with van der Waals surface area (Å²) in [6.07, 6.45) is 1.42. The van der Waals surface area contributed by atoms with Crippen LogP contribution in [0.3, 0.4) is 0 Å². The van der Waals surface area contributed by atoms with Crippen molar-refractivity contribution in [1.82, 2.24) is 9.21 Å². The Morgan fingerprint density at radius 2 is 2.00 bits per heavy atom. The monoisotopic (exact) mass is 427 g/mol. The molecule has 9 nitrogen and oxygen atoms in total. The molecule has 1 aromatic carbocycles. The van der Waals surface area contributed by atoms with Gasteiger partial charge in [0, 0.05) is 38.8 Å². The molecule has 2 aliphatic heterocycles. The van der Waals surface area contributed by atoms with Gasteiger partial charge >= 0.3 is 5.69 Å². The lowest BCUT2D eigenvalue weighted by atomic mass is 10.2. The molecule has 2 fully saturated rings. The first kappa shape index (κ1) is 21.9. The van der Waals surface area contributed by atoms with E-state index in [1.165, 1.54) is 16.4 Å². The van der Waals surface area contributed by atoms with Crippen molar-refractivity contribution in [3.05, 3.63) is 28.3 Å². The van der Waals surface area contributed by atoms with E-state index in [4.69, 9.17) is 9.47 Å². The predicted octanol–water partition coefficient (Wildman–Crippen LogP) is 2.11. The van der Waals surface area contributed by atoms with Gasteiger partial charge < -0.3 is 9.47 Å². The molecule has 162 valence electrons. The summed E-state index contributed by atoms with van der Waals surface area (Å²) in [6, 6.07) is 3.84. The molecule has 2 saturated heterocycles. The lowest BCUT2D eigenvalue weighted by Gasteiger charge is -2.33. The zero-order chi connectivity index (χ0) is 21.0. The first-order chi connectivity index (χ1) is 13.8. The summed E-state index contributed by atoms with van der Waals surface area (Å²) in [7, 11) is -3.72. The predicted molar refractivity (Wildman–Crippen MR) is 108 cm³/mol. The highest BCUT2D eigenvalue weighted by atomic mass is 32.2. The molecule has 1 aromatic rings. The van der Waals surface area contributed by atoms with E-state index in [2.05, 4.69) is 18.7 Å². The third-order valence-electron chi connectivity index (χ3n) is 5.10. The van der Waals surface area contributed by atoms with Gasteiger partial charge in [0.2, 0.25) is 10.0 Å². The molecule has 3 rings (SSSR count). The van der Waals surface area contributed by atoms with Gasteiger partial charge in [0.25, 0.3) is 0 Å². The van der Waals surface area contributed by atoms with Crippen LogP contribution >= 0.6 is 0 Å². The molecule has 10 heteroatoms. The van der Waals surface area contributed by atoms with Gasteiger partial charge in [-0.3, -0.25) is 15.0 Å². The molecule has 0 aromatic heterocycles. The highest BCUT2D eigenvalue weighted by molar-refractivity contribution is 7.89. The van der Waals surface area contributed by atoms with Crippen LogP contribution in [0.1, 0.15) is 26.7 Å². The fraction of sp³-hybridized carbons (Fsp3) is 0.684. The van der Waals surface area contributed by atoms with Crippen molar-refractivity contribution >= 4 is 15.7 Å². The maximum absolute atomic E-state index is 12.7. The number of nitro groups is 1. The van der Waals surface area contributed by atoms with Crippen LogP contribution in [0.15, 0.2) is 23.1 Å². The van der Waals surface area contributed by atoms with Crippen LogP contribution in [0.4, 0.5) is 5.69 Å². The van der Waals surface area contributed by atoms with Crippen molar-refractivity contribution in [3.8, 4) is 5.75 Å². The summed E-state index contributed by atoms with van der Waals surface area (Å²) in [4.78, 5) is 13.1. The van der Waals surface area contributed by atoms with Crippen LogP contribution in [0, 0.1) is 16.0 Å². The Kier molecular flexibility index (Phi) is 7.10. The maximum atomic E-state index is 12.7. The van der Waals surface area contributed by atoms with Gasteiger partial charge in [0.1, 0.15) is 12.7 Å². The number of hydrogen-bond acceptors (Lipinski definition) is 7. The van der Waals surface area contributed by atoms with Gasteiger partial charge in [-0.1, -0.05) is 13.8 Å². The van der Waals surface area contributed by atoms with Crippen molar-refractivity contribution < 1.29 is 22.8 Å². The van der Waals surface area contributed by atoms with E-state index in [0.29, 0.717) is 32.2 Å². The van der Waals surface area contributed by atoms with E-state index in [1.807, 2.05) is 0 Å². The number of benzene rings is 1. The van der Waals surface area contributed by atoms with Crippen molar-refractivity contribution in [2.45, 2.75) is 37.7 Å². The van der Waals surface area contributed by atoms with E-state index in [-0.39, 0.29) is 29.0 Å². The smallest absolute Gasteiger partial charge is 0.312 e. The van der Waals surface area contributed by atoms with Crippen molar-refractivity contribution in [2.24, 2.45) is 5.92 Å². The fourth-order valence-corrected chi connectivity index (χ4v) is 5.28. The van der Waals surface area contributed by atoms with E-state index >= 15 is 0 Å². The summed E-state index contributed by atoms with van der Waals surface area (Å²) >= 11 is 0. The number of morpholine rings is 1. The molecule has 2 heterocycles. The molecule has 0 aliphatic carbocycles.